The second-order valence-corrected chi connectivity index (χ2v) is 1.76. The monoisotopic (exact) mass is 164 g/mol. The van der Waals surface area contributed by atoms with E-state index < -0.39 is 20.2 Å². The van der Waals surface area contributed by atoms with E-state index in [0.717, 1.165) is 4.90 Å². The fourth-order valence-corrected chi connectivity index (χ4v) is 0.427. The van der Waals surface area contributed by atoms with Crippen LogP contribution in [0.4, 0.5) is 0 Å². The van der Waals surface area contributed by atoms with Crippen LogP contribution in [0.15, 0.2) is 0 Å². The van der Waals surface area contributed by atoms with Crippen LogP contribution in [-0.4, -0.2) is 51.4 Å². The molecule has 0 aromatic carbocycles. The van der Waals surface area contributed by atoms with Gasteiger partial charge in [-0.3, -0.25) is 15.3 Å². The van der Waals surface area contributed by atoms with Gasteiger partial charge in [-0.05, 0) is 0 Å². The highest BCUT2D eigenvalue weighted by Gasteiger charge is 2.10. The molecular formula is C4H12N4O3. The third-order valence-electron chi connectivity index (χ3n) is 1.07. The van der Waals surface area contributed by atoms with Crippen molar-refractivity contribution in [1.29, 1.82) is 5.41 Å². The first-order chi connectivity index (χ1) is 5.17. The molecule has 0 aromatic rings. The van der Waals surface area contributed by atoms with E-state index in [-0.39, 0.29) is 5.96 Å². The van der Waals surface area contributed by atoms with Gasteiger partial charge in [0.25, 0.3) is 0 Å². The highest BCUT2D eigenvalue weighted by atomic mass is 16.3. The lowest BCUT2D eigenvalue weighted by Crippen LogP contribution is -2.48. The first-order valence-corrected chi connectivity index (χ1v) is 2.85. The first kappa shape index (κ1) is 10.1. The predicted molar refractivity (Wildman–Crippen MR) is 36.8 cm³/mol. The topological polar surface area (TPSA) is 117 Å². The molecule has 7 nitrogen and oxygen atoms in total. The Hall–Kier alpha value is -0.890. The molecule has 66 valence electrons. The normalized spacial score (nSPS) is 9.45. The third kappa shape index (κ3) is 2.68. The van der Waals surface area contributed by atoms with Crippen molar-refractivity contribution in [2.45, 2.75) is 0 Å². The van der Waals surface area contributed by atoms with Gasteiger partial charge in [0.1, 0.15) is 20.2 Å². The van der Waals surface area contributed by atoms with Gasteiger partial charge < -0.3 is 15.3 Å². The maximum absolute atomic E-state index is 8.50. The Kier molecular flexibility index (Phi) is 4.46. The quantitative estimate of drug-likeness (QED) is 0.101. The second-order valence-electron chi connectivity index (χ2n) is 1.76. The Balaban J connectivity index is 3.97. The molecule has 0 aliphatic carbocycles. The van der Waals surface area contributed by atoms with Crippen molar-refractivity contribution in [3.63, 3.8) is 0 Å². The summed E-state index contributed by atoms with van der Waals surface area (Å²) in [4.78, 5) is 0.857. The number of nitrogens with two attached hydrogens (primary N) is 1. The van der Waals surface area contributed by atoms with Crippen molar-refractivity contribution in [3.05, 3.63) is 0 Å². The van der Waals surface area contributed by atoms with Gasteiger partial charge in [0.15, 0.2) is 0 Å². The van der Waals surface area contributed by atoms with Gasteiger partial charge in [-0.15, -0.1) is 0 Å². The smallest absolute Gasteiger partial charge is 0.214 e. The van der Waals surface area contributed by atoms with Crippen molar-refractivity contribution in [3.8, 4) is 0 Å². The summed E-state index contributed by atoms with van der Waals surface area (Å²) in [5.41, 5.74) is 0. The number of aliphatic hydroxyl groups is 3. The third-order valence-corrected chi connectivity index (χ3v) is 1.07. The van der Waals surface area contributed by atoms with Gasteiger partial charge in [-0.1, -0.05) is 0 Å². The molecular weight excluding hydrogens is 152 g/mol. The van der Waals surface area contributed by atoms with E-state index in [1.165, 1.54) is 0 Å². The van der Waals surface area contributed by atoms with E-state index in [9.17, 15) is 0 Å². The van der Waals surface area contributed by atoms with Crippen molar-refractivity contribution in [2.75, 3.05) is 20.2 Å². The molecule has 0 unspecified atom stereocenters. The van der Waals surface area contributed by atoms with Crippen molar-refractivity contribution >= 4 is 5.96 Å². The maximum Gasteiger partial charge on any atom is 0.214 e. The number of rotatable bonds is 3. The number of nitrogens with zero attached hydrogens (tertiary/aromatic N) is 2. The zero-order valence-electron chi connectivity index (χ0n) is 5.93. The van der Waals surface area contributed by atoms with Crippen LogP contribution in [0.5, 0.6) is 0 Å². The van der Waals surface area contributed by atoms with E-state index in [2.05, 4.69) is 0 Å². The summed E-state index contributed by atoms with van der Waals surface area (Å²) in [5.74, 6) is 4.71. The van der Waals surface area contributed by atoms with Crippen LogP contribution in [0.25, 0.3) is 0 Å². The zero-order chi connectivity index (χ0) is 8.85. The van der Waals surface area contributed by atoms with E-state index in [1.54, 1.807) is 0 Å². The number of aliphatic hydroxyl groups excluding tert-OH is 3. The Bertz CT molecular complexity index is 127. The minimum absolute atomic E-state index is 0.350. The lowest BCUT2D eigenvalue weighted by Gasteiger charge is -2.25. The van der Waals surface area contributed by atoms with Gasteiger partial charge in [0.05, 0.1) is 0 Å². The summed E-state index contributed by atoms with van der Waals surface area (Å²) in [6.45, 7) is -1.60. The Morgan fingerprint density at radius 3 is 1.91 bits per heavy atom. The molecule has 0 amide bonds. The van der Waals surface area contributed by atoms with E-state index >= 15 is 0 Å². The summed E-state index contributed by atoms with van der Waals surface area (Å²) in [5, 5.41) is 33.2. The number of guanidine groups is 1. The molecule has 0 aliphatic rings. The minimum Gasteiger partial charge on any atom is -0.376 e. The number of hydrogen-bond donors (Lipinski definition) is 5. The average Bonchev–Trinajstić information content (AvgIpc) is 2.05. The summed E-state index contributed by atoms with van der Waals surface area (Å²) in [6.07, 6.45) is 0. The highest BCUT2D eigenvalue weighted by Crippen LogP contribution is 1.88. The molecule has 0 radical (unpaired) electrons. The Morgan fingerprint density at radius 1 is 1.18 bits per heavy atom. The molecule has 0 aliphatic heterocycles. The van der Waals surface area contributed by atoms with Crippen LogP contribution in [-0.2, 0) is 0 Å². The molecule has 0 atom stereocenters. The molecule has 0 fully saturated rings. The molecule has 0 saturated heterocycles. The zero-order valence-corrected chi connectivity index (χ0v) is 5.93. The number of nitrogens with one attached hydrogen (secondary N) is 1. The number of hydrazine groups is 1. The first-order valence-electron chi connectivity index (χ1n) is 2.85. The van der Waals surface area contributed by atoms with Crippen molar-refractivity contribution < 1.29 is 15.3 Å². The number of hydrogen-bond acceptors (Lipinski definition) is 5. The summed E-state index contributed by atoms with van der Waals surface area (Å²) < 4.78 is 0. The van der Waals surface area contributed by atoms with Gasteiger partial charge in [0, 0.05) is 0 Å². The van der Waals surface area contributed by atoms with Gasteiger partial charge in [-0.2, -0.15) is 0 Å². The molecule has 0 aromatic heterocycles. The van der Waals surface area contributed by atoms with Crippen LogP contribution >= 0.6 is 0 Å². The standard InChI is InChI=1S/C4H12N4O3/c5-4(8(6)3-11)7(1-9)2-10/h5,9-11H,1-3,6H2. The molecule has 0 rings (SSSR count). The summed E-state index contributed by atoms with van der Waals surface area (Å²) >= 11 is 0. The SMILES string of the molecule is N=C(N(N)CO)N(CO)CO. The van der Waals surface area contributed by atoms with E-state index in [0.29, 0.717) is 5.01 Å². The summed E-state index contributed by atoms with van der Waals surface area (Å²) in [7, 11) is 0. The second kappa shape index (κ2) is 4.85. The predicted octanol–water partition coefficient (Wildman–Crippen LogP) is -2.75. The van der Waals surface area contributed by atoms with Crippen LogP contribution in [0, 0.1) is 5.41 Å². The lowest BCUT2D eigenvalue weighted by molar-refractivity contribution is 0.0611. The molecule has 0 spiro atoms. The van der Waals surface area contributed by atoms with E-state index in [1.807, 2.05) is 0 Å². The molecule has 0 bridgehead atoms. The Morgan fingerprint density at radius 2 is 1.64 bits per heavy atom. The fraction of sp³-hybridized carbons (Fsp3) is 0.750. The Labute approximate surface area is 63.7 Å². The average molecular weight is 164 g/mol. The summed E-state index contributed by atoms with van der Waals surface area (Å²) in [6, 6.07) is 0. The molecule has 0 saturated carbocycles. The molecule has 6 N–H and O–H groups in total. The maximum atomic E-state index is 8.50. The van der Waals surface area contributed by atoms with Crippen LogP contribution < -0.4 is 5.84 Å². The van der Waals surface area contributed by atoms with Crippen LogP contribution in [0.3, 0.4) is 0 Å². The van der Waals surface area contributed by atoms with Crippen LogP contribution in [0.2, 0.25) is 0 Å². The molecule has 11 heavy (non-hydrogen) atoms. The minimum atomic E-state index is -0.546. The van der Waals surface area contributed by atoms with Gasteiger partial charge >= 0.3 is 0 Å². The molecule has 0 heterocycles. The van der Waals surface area contributed by atoms with Crippen LogP contribution in [0.1, 0.15) is 0 Å². The molecule has 7 heteroatoms. The largest absolute Gasteiger partial charge is 0.376 e. The van der Waals surface area contributed by atoms with E-state index in [4.69, 9.17) is 26.6 Å². The fourth-order valence-electron chi connectivity index (χ4n) is 0.427. The van der Waals surface area contributed by atoms with Crippen molar-refractivity contribution in [2.24, 2.45) is 5.84 Å². The van der Waals surface area contributed by atoms with Gasteiger partial charge in [0.2, 0.25) is 5.96 Å². The lowest BCUT2D eigenvalue weighted by atomic mass is 10.7. The van der Waals surface area contributed by atoms with Gasteiger partial charge in [-0.25, -0.2) is 5.84 Å². The highest BCUT2D eigenvalue weighted by molar-refractivity contribution is 5.75. The van der Waals surface area contributed by atoms with Crippen molar-refractivity contribution in [1.82, 2.24) is 9.91 Å².